The van der Waals surface area contributed by atoms with Crippen molar-refractivity contribution in [1.82, 2.24) is 4.98 Å². The second-order valence-corrected chi connectivity index (χ2v) is 4.33. The van der Waals surface area contributed by atoms with Crippen LogP contribution in [-0.2, 0) is 0 Å². The van der Waals surface area contributed by atoms with Crippen molar-refractivity contribution >= 4 is 20.8 Å². The molecule has 1 aromatic carbocycles. The summed E-state index contributed by atoms with van der Waals surface area (Å²) in [5, 5.41) is 1.36. The second-order valence-electron chi connectivity index (χ2n) is 3.13. The van der Waals surface area contributed by atoms with E-state index in [1.807, 2.05) is 18.3 Å². The van der Waals surface area contributed by atoms with Crippen LogP contribution in [0.3, 0.4) is 0 Å². The van der Waals surface area contributed by atoms with Gasteiger partial charge < -0.3 is 0 Å². The van der Waals surface area contributed by atoms with Crippen LogP contribution in [0.2, 0.25) is 0 Å². The Labute approximate surface area is 92.3 Å². The van der Waals surface area contributed by atoms with Gasteiger partial charge >= 0.3 is 0 Å². The molecular formula is C13H11NSi. The van der Waals surface area contributed by atoms with Crippen LogP contribution in [0.4, 0.5) is 0 Å². The van der Waals surface area contributed by atoms with E-state index in [0.29, 0.717) is 0 Å². The maximum absolute atomic E-state index is 4.06. The Morgan fingerprint density at radius 3 is 2.60 bits per heavy atom. The molecular weight excluding hydrogens is 198 g/mol. The van der Waals surface area contributed by atoms with Gasteiger partial charge in [-0.1, -0.05) is 53.4 Å². The molecule has 0 aliphatic rings. The van der Waals surface area contributed by atoms with E-state index in [1.165, 1.54) is 5.19 Å². The average molecular weight is 209 g/mol. The number of hydrogen-bond donors (Lipinski definition) is 0. The molecule has 1 nitrogen and oxygen atoms in total. The first-order valence-corrected chi connectivity index (χ1v) is 5.91. The first-order chi connectivity index (χ1) is 7.45. The van der Waals surface area contributed by atoms with Crippen LogP contribution in [0.1, 0.15) is 5.56 Å². The number of benzene rings is 1. The molecule has 0 saturated heterocycles. The molecule has 0 aliphatic heterocycles. The normalized spacial score (nSPS) is 10.7. The average Bonchev–Trinajstić information content (AvgIpc) is 2.32. The highest BCUT2D eigenvalue weighted by Gasteiger charge is 1.88. The van der Waals surface area contributed by atoms with Gasteiger partial charge in [-0.25, -0.2) is 0 Å². The zero-order valence-corrected chi connectivity index (χ0v) is 9.30. The van der Waals surface area contributed by atoms with Crippen LogP contribution < -0.4 is 5.19 Å². The third-order valence-electron chi connectivity index (χ3n) is 1.98. The third kappa shape index (κ3) is 3.18. The van der Waals surface area contributed by atoms with E-state index in [1.54, 1.807) is 6.20 Å². The zero-order chi connectivity index (χ0) is 10.3. The molecule has 0 spiro atoms. The quantitative estimate of drug-likeness (QED) is 0.705. The SMILES string of the molecule is C(=C\c1cccnc1)/[Si]c1ccccc1. The van der Waals surface area contributed by atoms with E-state index in [0.717, 1.165) is 15.1 Å². The monoisotopic (exact) mass is 209 g/mol. The highest BCUT2D eigenvalue weighted by Crippen LogP contribution is 1.97. The highest BCUT2D eigenvalue weighted by atomic mass is 28.2. The van der Waals surface area contributed by atoms with Crippen molar-refractivity contribution in [2.75, 3.05) is 0 Å². The molecule has 0 bridgehead atoms. The summed E-state index contributed by atoms with van der Waals surface area (Å²) in [5.74, 6) is 0. The van der Waals surface area contributed by atoms with Gasteiger partial charge in [-0.05, 0) is 11.6 Å². The Morgan fingerprint density at radius 2 is 1.87 bits per heavy atom. The van der Waals surface area contributed by atoms with Gasteiger partial charge in [-0.15, -0.1) is 0 Å². The summed E-state index contributed by atoms with van der Waals surface area (Å²) in [7, 11) is 0.722. The number of nitrogens with zero attached hydrogens (tertiary/aromatic N) is 1. The smallest absolute Gasteiger partial charge is 0.111 e. The highest BCUT2D eigenvalue weighted by molar-refractivity contribution is 6.59. The fourth-order valence-electron chi connectivity index (χ4n) is 1.24. The predicted octanol–water partition coefficient (Wildman–Crippen LogP) is 2.08. The van der Waals surface area contributed by atoms with Gasteiger partial charge in [-0.2, -0.15) is 0 Å². The Bertz CT molecular complexity index is 423. The van der Waals surface area contributed by atoms with Crippen molar-refractivity contribution in [3.8, 4) is 0 Å². The Balaban J connectivity index is 1.97. The van der Waals surface area contributed by atoms with Crippen molar-refractivity contribution in [2.24, 2.45) is 0 Å². The molecule has 0 aliphatic carbocycles. The lowest BCUT2D eigenvalue weighted by Gasteiger charge is -1.93. The van der Waals surface area contributed by atoms with E-state index in [9.17, 15) is 0 Å². The Hall–Kier alpha value is -1.67. The summed E-state index contributed by atoms with van der Waals surface area (Å²) in [5.41, 5.74) is 3.34. The minimum atomic E-state index is 0.722. The first kappa shape index (κ1) is 9.87. The summed E-state index contributed by atoms with van der Waals surface area (Å²) >= 11 is 0. The molecule has 1 aromatic heterocycles. The largest absolute Gasteiger partial charge is 0.264 e. The van der Waals surface area contributed by atoms with Gasteiger partial charge in [0.2, 0.25) is 0 Å². The third-order valence-corrected chi connectivity index (χ3v) is 2.98. The molecule has 15 heavy (non-hydrogen) atoms. The minimum absolute atomic E-state index is 0.722. The molecule has 0 N–H and O–H groups in total. The van der Waals surface area contributed by atoms with E-state index in [2.05, 4.69) is 47.1 Å². The van der Waals surface area contributed by atoms with E-state index >= 15 is 0 Å². The van der Waals surface area contributed by atoms with Gasteiger partial charge in [0.05, 0.1) is 0 Å². The topological polar surface area (TPSA) is 12.9 Å². The van der Waals surface area contributed by atoms with Crippen molar-refractivity contribution in [3.63, 3.8) is 0 Å². The maximum atomic E-state index is 4.06. The van der Waals surface area contributed by atoms with Gasteiger partial charge in [0.1, 0.15) is 9.52 Å². The second kappa shape index (κ2) is 5.27. The van der Waals surface area contributed by atoms with Crippen LogP contribution in [0.25, 0.3) is 6.08 Å². The van der Waals surface area contributed by atoms with Crippen LogP contribution in [0.15, 0.2) is 60.6 Å². The molecule has 72 valence electrons. The fourth-order valence-corrected chi connectivity index (χ4v) is 2.10. The lowest BCUT2D eigenvalue weighted by Crippen LogP contribution is -2.09. The number of aromatic nitrogens is 1. The van der Waals surface area contributed by atoms with Gasteiger partial charge in [0, 0.05) is 12.4 Å². The van der Waals surface area contributed by atoms with Crippen molar-refractivity contribution in [1.29, 1.82) is 0 Å². The lowest BCUT2D eigenvalue weighted by atomic mass is 10.3. The Kier molecular flexibility index (Phi) is 3.46. The number of rotatable bonds is 3. The summed E-state index contributed by atoms with van der Waals surface area (Å²) < 4.78 is 0. The van der Waals surface area contributed by atoms with Crippen molar-refractivity contribution in [2.45, 2.75) is 0 Å². The molecule has 0 atom stereocenters. The summed E-state index contributed by atoms with van der Waals surface area (Å²) in [4.78, 5) is 4.06. The van der Waals surface area contributed by atoms with Gasteiger partial charge in [0.15, 0.2) is 0 Å². The van der Waals surface area contributed by atoms with Gasteiger partial charge in [-0.3, -0.25) is 4.98 Å². The number of pyridine rings is 1. The number of hydrogen-bond acceptors (Lipinski definition) is 1. The van der Waals surface area contributed by atoms with Crippen molar-refractivity contribution in [3.05, 3.63) is 66.1 Å². The molecule has 0 saturated carbocycles. The van der Waals surface area contributed by atoms with E-state index in [-0.39, 0.29) is 0 Å². The molecule has 1 heterocycles. The van der Waals surface area contributed by atoms with E-state index < -0.39 is 0 Å². The molecule has 0 fully saturated rings. The van der Waals surface area contributed by atoms with Crippen LogP contribution in [-0.4, -0.2) is 14.5 Å². The summed E-state index contributed by atoms with van der Waals surface area (Å²) in [6.45, 7) is 0. The van der Waals surface area contributed by atoms with Crippen LogP contribution >= 0.6 is 0 Å². The minimum Gasteiger partial charge on any atom is -0.264 e. The predicted molar refractivity (Wildman–Crippen MR) is 65.1 cm³/mol. The lowest BCUT2D eigenvalue weighted by molar-refractivity contribution is 1.32. The van der Waals surface area contributed by atoms with Gasteiger partial charge in [0.25, 0.3) is 0 Å². The first-order valence-electron chi connectivity index (χ1n) is 4.83. The summed E-state index contributed by atoms with van der Waals surface area (Å²) in [6, 6.07) is 14.5. The molecule has 2 rings (SSSR count). The molecule has 2 aromatic rings. The zero-order valence-electron chi connectivity index (χ0n) is 8.30. The van der Waals surface area contributed by atoms with Crippen LogP contribution in [0.5, 0.6) is 0 Å². The van der Waals surface area contributed by atoms with Crippen LogP contribution in [0, 0.1) is 0 Å². The Morgan fingerprint density at radius 1 is 1.00 bits per heavy atom. The molecule has 0 unspecified atom stereocenters. The fraction of sp³-hybridized carbons (Fsp3) is 0. The molecule has 2 radical (unpaired) electrons. The summed E-state index contributed by atoms with van der Waals surface area (Å²) in [6.07, 6.45) is 5.77. The van der Waals surface area contributed by atoms with Crippen molar-refractivity contribution < 1.29 is 0 Å². The molecule has 0 amide bonds. The standard InChI is InChI=1S/C13H11NSi/c1-2-6-13(7-3-1)15-10-8-12-5-4-9-14-11-12/h1-11H/b10-8+. The van der Waals surface area contributed by atoms with E-state index in [4.69, 9.17) is 0 Å². The molecule has 2 heteroatoms. The maximum Gasteiger partial charge on any atom is 0.111 e.